The predicted molar refractivity (Wildman–Crippen MR) is 54.8 cm³/mol. The van der Waals surface area contributed by atoms with Gasteiger partial charge in [-0.05, 0) is 6.42 Å². The smallest absolute Gasteiger partial charge is 0.260 e. The number of hydrogen-bond donors (Lipinski definition) is 0. The molecule has 1 aliphatic heterocycles. The summed E-state index contributed by atoms with van der Waals surface area (Å²) in [5, 5.41) is 10.6. The summed E-state index contributed by atoms with van der Waals surface area (Å²) in [6.45, 7) is 2.08. The van der Waals surface area contributed by atoms with Gasteiger partial charge < -0.3 is 0 Å². The van der Waals surface area contributed by atoms with Gasteiger partial charge in [0.15, 0.2) is 0 Å². The van der Waals surface area contributed by atoms with Crippen LogP contribution in [0.5, 0.6) is 0 Å². The molecule has 0 bridgehead atoms. The van der Waals surface area contributed by atoms with Crippen molar-refractivity contribution in [2.75, 3.05) is 6.67 Å². The van der Waals surface area contributed by atoms with Gasteiger partial charge in [0.25, 0.3) is 0 Å². The molecule has 7 heteroatoms. The van der Waals surface area contributed by atoms with Gasteiger partial charge in [0.1, 0.15) is 12.4 Å². The highest BCUT2D eigenvalue weighted by atomic mass is 35.5. The van der Waals surface area contributed by atoms with Crippen LogP contribution >= 0.6 is 23.4 Å². The van der Waals surface area contributed by atoms with Crippen LogP contribution in [-0.4, -0.2) is 21.7 Å². The van der Waals surface area contributed by atoms with Gasteiger partial charge in [-0.3, -0.25) is 15.1 Å². The number of nitro groups is 1. The van der Waals surface area contributed by atoms with Crippen LogP contribution in [0.15, 0.2) is 15.8 Å². The topological polar surface area (TPSA) is 58.7 Å². The van der Waals surface area contributed by atoms with E-state index >= 15 is 0 Å². The van der Waals surface area contributed by atoms with Gasteiger partial charge in [-0.25, -0.2) is 4.42 Å². The molecule has 1 rings (SSSR count). The molecule has 0 fully saturated rings. The second-order valence-corrected chi connectivity index (χ2v) is 3.52. The molecule has 1 aliphatic rings. The Morgan fingerprint density at radius 2 is 2.36 bits per heavy atom. The van der Waals surface area contributed by atoms with Crippen molar-refractivity contribution in [2.45, 2.75) is 19.8 Å². The highest BCUT2D eigenvalue weighted by Gasteiger charge is 2.30. The highest BCUT2D eigenvalue weighted by molar-refractivity contribution is 6.35. The monoisotopic (exact) mass is 237 g/mol. The Morgan fingerprint density at radius 3 is 2.86 bits per heavy atom. The maximum atomic E-state index is 10.7. The highest BCUT2D eigenvalue weighted by Crippen LogP contribution is 2.24. The van der Waals surface area contributed by atoms with Crippen LogP contribution in [0.2, 0.25) is 0 Å². The van der Waals surface area contributed by atoms with Crippen molar-refractivity contribution in [3.63, 3.8) is 0 Å². The summed E-state index contributed by atoms with van der Waals surface area (Å²) in [6.07, 6.45) is 1.32. The molecule has 78 valence electrons. The maximum Gasteiger partial charge on any atom is 0.326 e. The van der Waals surface area contributed by atoms with E-state index < -0.39 is 4.92 Å². The molecule has 0 radical (unpaired) electrons. The summed E-state index contributed by atoms with van der Waals surface area (Å²) in [4.78, 5) is 14.1. The number of nitrogens with zero attached hydrogens (tertiary/aromatic N) is 3. The van der Waals surface area contributed by atoms with Crippen LogP contribution in [0.25, 0.3) is 0 Å². The van der Waals surface area contributed by atoms with Gasteiger partial charge in [-0.2, -0.15) is 0 Å². The van der Waals surface area contributed by atoms with E-state index in [0.717, 1.165) is 10.8 Å². The fraction of sp³-hybridized carbons (Fsp3) is 0.571. The number of hydrogen-bond acceptors (Lipinski definition) is 4. The summed E-state index contributed by atoms with van der Waals surface area (Å²) in [5.74, 6) is 0. The summed E-state index contributed by atoms with van der Waals surface area (Å²) < 4.78 is 1.03. The summed E-state index contributed by atoms with van der Waals surface area (Å²) in [7, 11) is 0. The third-order valence-corrected chi connectivity index (χ3v) is 2.48. The van der Waals surface area contributed by atoms with Gasteiger partial charge in [-0.15, -0.1) is 0 Å². The quantitative estimate of drug-likeness (QED) is 0.328. The van der Waals surface area contributed by atoms with E-state index in [1.807, 2.05) is 6.92 Å². The molecule has 14 heavy (non-hydrogen) atoms. The average molecular weight is 238 g/mol. The van der Waals surface area contributed by atoms with Crippen LogP contribution in [0.4, 0.5) is 0 Å². The molecule has 0 amide bonds. The Morgan fingerprint density at radius 1 is 1.71 bits per heavy atom. The van der Waals surface area contributed by atoms with Gasteiger partial charge in [-0.1, -0.05) is 24.9 Å². The van der Waals surface area contributed by atoms with Crippen molar-refractivity contribution in [3.05, 3.63) is 21.0 Å². The third kappa shape index (κ3) is 2.16. The minimum absolute atomic E-state index is 0.0601. The van der Waals surface area contributed by atoms with Crippen molar-refractivity contribution in [1.82, 2.24) is 4.42 Å². The van der Waals surface area contributed by atoms with Crippen molar-refractivity contribution >= 4 is 29.1 Å². The molecule has 5 nitrogen and oxygen atoms in total. The van der Waals surface area contributed by atoms with Gasteiger partial charge >= 0.3 is 5.70 Å². The SMILES string of the molecule is CCCC1=NCN(Cl)C(Cl)=C1[N+](=O)[O-]. The lowest BCUT2D eigenvalue weighted by molar-refractivity contribution is -0.416. The molecule has 0 atom stereocenters. The molecule has 1 heterocycles. The summed E-state index contributed by atoms with van der Waals surface area (Å²) in [5.41, 5.74) is 0.231. The molecule has 0 saturated carbocycles. The largest absolute Gasteiger partial charge is 0.326 e. The van der Waals surface area contributed by atoms with Crippen LogP contribution in [0.1, 0.15) is 19.8 Å². The molecule has 0 aliphatic carbocycles. The molecular weight excluding hydrogens is 229 g/mol. The molecule has 0 aromatic rings. The van der Waals surface area contributed by atoms with Crippen LogP contribution in [0, 0.1) is 10.1 Å². The average Bonchev–Trinajstić information content (AvgIpc) is 2.11. The zero-order chi connectivity index (χ0) is 10.7. The minimum Gasteiger partial charge on any atom is -0.260 e. The van der Waals surface area contributed by atoms with E-state index in [2.05, 4.69) is 4.99 Å². The van der Waals surface area contributed by atoms with Gasteiger partial charge in [0, 0.05) is 11.8 Å². The fourth-order valence-corrected chi connectivity index (χ4v) is 1.50. The Bertz CT molecular complexity index is 314. The Labute approximate surface area is 91.3 Å². The number of halogens is 2. The summed E-state index contributed by atoms with van der Waals surface area (Å²) in [6, 6.07) is 0. The van der Waals surface area contributed by atoms with Crippen LogP contribution in [-0.2, 0) is 0 Å². The lowest BCUT2D eigenvalue weighted by Crippen LogP contribution is -2.25. The van der Waals surface area contributed by atoms with Gasteiger partial charge in [0.05, 0.1) is 4.92 Å². The minimum atomic E-state index is -0.550. The van der Waals surface area contributed by atoms with Gasteiger partial charge in [0.2, 0.25) is 5.16 Å². The lowest BCUT2D eigenvalue weighted by atomic mass is 10.1. The van der Waals surface area contributed by atoms with E-state index in [1.54, 1.807) is 0 Å². The first kappa shape index (κ1) is 11.3. The van der Waals surface area contributed by atoms with Crippen molar-refractivity contribution < 1.29 is 4.92 Å². The number of aliphatic imine (C=N–C) groups is 1. The summed E-state index contributed by atoms with van der Waals surface area (Å²) >= 11 is 11.3. The molecule has 0 spiro atoms. The molecule has 0 aromatic carbocycles. The standard InChI is InChI=1S/C7H9Cl2N3O2/c1-2-3-5-6(12(13)14)7(8)11(9)4-10-5/h2-4H2,1H3. The van der Waals surface area contributed by atoms with E-state index in [0.29, 0.717) is 12.1 Å². The molecule has 0 saturated heterocycles. The van der Waals surface area contributed by atoms with Crippen LogP contribution in [0.3, 0.4) is 0 Å². The molecule has 0 N–H and O–H groups in total. The van der Waals surface area contributed by atoms with Crippen molar-refractivity contribution in [3.8, 4) is 0 Å². The van der Waals surface area contributed by atoms with E-state index in [-0.39, 0.29) is 17.5 Å². The lowest BCUT2D eigenvalue weighted by Gasteiger charge is -2.17. The third-order valence-electron chi connectivity index (χ3n) is 1.74. The number of rotatable bonds is 3. The van der Waals surface area contributed by atoms with E-state index in [9.17, 15) is 10.1 Å². The molecule has 0 unspecified atom stereocenters. The number of allylic oxidation sites excluding steroid dienone is 1. The zero-order valence-electron chi connectivity index (χ0n) is 7.54. The maximum absolute atomic E-state index is 10.7. The van der Waals surface area contributed by atoms with E-state index in [4.69, 9.17) is 23.4 Å². The normalized spacial score (nSPS) is 17.1. The predicted octanol–water partition coefficient (Wildman–Crippen LogP) is 2.34. The van der Waals surface area contributed by atoms with Crippen LogP contribution < -0.4 is 0 Å². The second kappa shape index (κ2) is 4.61. The molecular formula is C7H9Cl2N3O2. The first-order valence-corrected chi connectivity index (χ1v) is 4.80. The molecule has 0 aromatic heterocycles. The van der Waals surface area contributed by atoms with Crippen molar-refractivity contribution in [1.29, 1.82) is 0 Å². The Balaban J connectivity index is 3.03. The fourth-order valence-electron chi connectivity index (χ4n) is 1.13. The first-order valence-electron chi connectivity index (χ1n) is 4.09. The van der Waals surface area contributed by atoms with Crippen molar-refractivity contribution in [2.24, 2.45) is 4.99 Å². The van der Waals surface area contributed by atoms with E-state index in [1.165, 1.54) is 0 Å². The Hall–Kier alpha value is -0.810. The Kier molecular flexibility index (Phi) is 3.71. The zero-order valence-corrected chi connectivity index (χ0v) is 9.05. The second-order valence-electron chi connectivity index (χ2n) is 2.75. The first-order chi connectivity index (χ1) is 6.57.